The lowest BCUT2D eigenvalue weighted by Gasteiger charge is -2.12. The number of rotatable bonds is 2. The number of nitrogen functional groups attached to an aromatic ring is 1. The highest BCUT2D eigenvalue weighted by Gasteiger charge is 2.05. The number of halogens is 1. The summed E-state index contributed by atoms with van der Waals surface area (Å²) in [6.07, 6.45) is 0. The maximum Gasteiger partial charge on any atom is 0.128 e. The molecule has 2 aromatic rings. The summed E-state index contributed by atoms with van der Waals surface area (Å²) in [5, 5.41) is 3.14. The first kappa shape index (κ1) is 11.5. The van der Waals surface area contributed by atoms with E-state index in [-0.39, 0.29) is 5.82 Å². The highest BCUT2D eigenvalue weighted by molar-refractivity contribution is 5.74. The van der Waals surface area contributed by atoms with E-state index >= 15 is 0 Å². The zero-order valence-corrected chi connectivity index (χ0v) is 9.92. The van der Waals surface area contributed by atoms with Crippen molar-refractivity contribution in [3.05, 3.63) is 53.3 Å². The summed E-state index contributed by atoms with van der Waals surface area (Å²) < 4.78 is 13.4. The summed E-state index contributed by atoms with van der Waals surface area (Å²) in [7, 11) is 0. The van der Waals surface area contributed by atoms with Gasteiger partial charge in [-0.25, -0.2) is 4.39 Å². The summed E-state index contributed by atoms with van der Waals surface area (Å²) in [6.45, 7) is 3.72. The molecule has 0 saturated heterocycles. The summed E-state index contributed by atoms with van der Waals surface area (Å²) >= 11 is 0. The molecule has 0 heterocycles. The molecule has 0 amide bonds. The van der Waals surface area contributed by atoms with Gasteiger partial charge in [0.25, 0.3) is 0 Å². The maximum absolute atomic E-state index is 13.4. The highest BCUT2D eigenvalue weighted by atomic mass is 19.1. The normalized spacial score (nSPS) is 10.3. The van der Waals surface area contributed by atoms with Gasteiger partial charge in [0, 0.05) is 11.3 Å². The first-order valence-electron chi connectivity index (χ1n) is 5.46. The van der Waals surface area contributed by atoms with Gasteiger partial charge in [-0.3, -0.25) is 0 Å². The standard InChI is InChI=1S/C14H15FN2/c1-9-6-7-14(12(16)8-9)17-13-5-3-4-11(15)10(13)2/h3-8,17H,16H2,1-2H3. The Morgan fingerprint density at radius 3 is 2.53 bits per heavy atom. The SMILES string of the molecule is Cc1ccc(Nc2cccc(F)c2C)c(N)c1. The van der Waals surface area contributed by atoms with E-state index in [0.29, 0.717) is 11.3 Å². The van der Waals surface area contributed by atoms with Gasteiger partial charge in [0.05, 0.1) is 11.4 Å². The van der Waals surface area contributed by atoms with Gasteiger partial charge in [-0.15, -0.1) is 0 Å². The van der Waals surface area contributed by atoms with Crippen molar-refractivity contribution in [3.8, 4) is 0 Å². The molecule has 0 fully saturated rings. The van der Waals surface area contributed by atoms with Crippen LogP contribution in [-0.4, -0.2) is 0 Å². The average molecular weight is 230 g/mol. The number of hydrogen-bond acceptors (Lipinski definition) is 2. The van der Waals surface area contributed by atoms with E-state index in [1.54, 1.807) is 13.0 Å². The number of anilines is 3. The minimum absolute atomic E-state index is 0.222. The lowest BCUT2D eigenvalue weighted by Crippen LogP contribution is -1.99. The molecule has 0 spiro atoms. The molecule has 0 bridgehead atoms. The van der Waals surface area contributed by atoms with Crippen molar-refractivity contribution in [2.45, 2.75) is 13.8 Å². The minimum Gasteiger partial charge on any atom is -0.397 e. The Morgan fingerprint density at radius 1 is 1.06 bits per heavy atom. The Kier molecular flexibility index (Phi) is 3.00. The second kappa shape index (κ2) is 4.45. The van der Waals surface area contributed by atoms with E-state index in [1.165, 1.54) is 6.07 Å². The van der Waals surface area contributed by atoms with Crippen LogP contribution in [-0.2, 0) is 0 Å². The van der Waals surface area contributed by atoms with Crippen LogP contribution in [0.4, 0.5) is 21.5 Å². The van der Waals surface area contributed by atoms with Crippen molar-refractivity contribution in [1.29, 1.82) is 0 Å². The van der Waals surface area contributed by atoms with Gasteiger partial charge in [-0.1, -0.05) is 12.1 Å². The van der Waals surface area contributed by atoms with Crippen LogP contribution in [0.5, 0.6) is 0 Å². The maximum atomic E-state index is 13.4. The molecule has 17 heavy (non-hydrogen) atoms. The summed E-state index contributed by atoms with van der Waals surface area (Å²) in [4.78, 5) is 0. The van der Waals surface area contributed by atoms with E-state index in [0.717, 1.165) is 16.9 Å². The zero-order valence-electron chi connectivity index (χ0n) is 9.92. The van der Waals surface area contributed by atoms with E-state index < -0.39 is 0 Å². The lowest BCUT2D eigenvalue weighted by molar-refractivity contribution is 0.619. The van der Waals surface area contributed by atoms with Crippen molar-refractivity contribution >= 4 is 17.1 Å². The Bertz CT molecular complexity index is 550. The van der Waals surface area contributed by atoms with E-state index in [1.807, 2.05) is 31.2 Å². The van der Waals surface area contributed by atoms with Crippen molar-refractivity contribution in [2.24, 2.45) is 0 Å². The monoisotopic (exact) mass is 230 g/mol. The predicted octanol–water partition coefficient (Wildman–Crippen LogP) is 3.77. The third-order valence-electron chi connectivity index (χ3n) is 2.74. The van der Waals surface area contributed by atoms with Crippen molar-refractivity contribution in [1.82, 2.24) is 0 Å². The molecular formula is C14H15FN2. The second-order valence-electron chi connectivity index (χ2n) is 4.13. The molecule has 88 valence electrons. The van der Waals surface area contributed by atoms with Gasteiger partial charge < -0.3 is 11.1 Å². The van der Waals surface area contributed by atoms with Crippen molar-refractivity contribution in [3.63, 3.8) is 0 Å². The van der Waals surface area contributed by atoms with Crippen LogP contribution in [0.1, 0.15) is 11.1 Å². The van der Waals surface area contributed by atoms with E-state index in [4.69, 9.17) is 5.73 Å². The molecule has 0 atom stereocenters. The van der Waals surface area contributed by atoms with Crippen LogP contribution in [0.3, 0.4) is 0 Å². The molecule has 0 aliphatic rings. The number of benzene rings is 2. The molecule has 3 N–H and O–H groups in total. The van der Waals surface area contributed by atoms with Crippen LogP contribution in [0.2, 0.25) is 0 Å². The quantitative estimate of drug-likeness (QED) is 0.771. The van der Waals surface area contributed by atoms with Crippen LogP contribution in [0.25, 0.3) is 0 Å². The van der Waals surface area contributed by atoms with Crippen LogP contribution in [0.15, 0.2) is 36.4 Å². The largest absolute Gasteiger partial charge is 0.397 e. The fourth-order valence-corrected chi connectivity index (χ4v) is 1.68. The van der Waals surface area contributed by atoms with Crippen molar-refractivity contribution < 1.29 is 4.39 Å². The molecule has 2 nitrogen and oxygen atoms in total. The molecule has 0 unspecified atom stereocenters. The minimum atomic E-state index is -0.222. The van der Waals surface area contributed by atoms with Gasteiger partial charge in [0.15, 0.2) is 0 Å². The van der Waals surface area contributed by atoms with Gasteiger partial charge in [-0.05, 0) is 43.7 Å². The van der Waals surface area contributed by atoms with Gasteiger partial charge in [-0.2, -0.15) is 0 Å². The third-order valence-corrected chi connectivity index (χ3v) is 2.74. The van der Waals surface area contributed by atoms with Crippen LogP contribution < -0.4 is 11.1 Å². The fraction of sp³-hybridized carbons (Fsp3) is 0.143. The summed E-state index contributed by atoms with van der Waals surface area (Å²) in [6, 6.07) is 10.7. The smallest absolute Gasteiger partial charge is 0.128 e. The number of nitrogens with two attached hydrogens (primary N) is 1. The lowest BCUT2D eigenvalue weighted by atomic mass is 10.1. The first-order valence-corrected chi connectivity index (χ1v) is 5.46. The molecule has 0 aliphatic carbocycles. The summed E-state index contributed by atoms with van der Waals surface area (Å²) in [5.41, 5.74) is 9.79. The number of aryl methyl sites for hydroxylation is 1. The Hall–Kier alpha value is -2.03. The Balaban J connectivity index is 2.35. The fourth-order valence-electron chi connectivity index (χ4n) is 1.68. The molecule has 0 aromatic heterocycles. The van der Waals surface area contributed by atoms with Gasteiger partial charge in [0.2, 0.25) is 0 Å². The Labute approximate surface area is 100 Å². The Morgan fingerprint density at radius 2 is 1.82 bits per heavy atom. The third kappa shape index (κ3) is 2.38. The highest BCUT2D eigenvalue weighted by Crippen LogP contribution is 2.26. The molecule has 0 saturated carbocycles. The molecule has 0 aliphatic heterocycles. The van der Waals surface area contributed by atoms with E-state index in [2.05, 4.69) is 5.32 Å². The number of nitrogens with one attached hydrogen (secondary N) is 1. The summed E-state index contributed by atoms with van der Waals surface area (Å²) in [5.74, 6) is -0.222. The van der Waals surface area contributed by atoms with Crippen molar-refractivity contribution in [2.75, 3.05) is 11.1 Å². The van der Waals surface area contributed by atoms with Gasteiger partial charge >= 0.3 is 0 Å². The topological polar surface area (TPSA) is 38.0 Å². The first-order chi connectivity index (χ1) is 8.08. The average Bonchev–Trinajstić information content (AvgIpc) is 2.28. The molecule has 2 rings (SSSR count). The second-order valence-corrected chi connectivity index (χ2v) is 4.13. The van der Waals surface area contributed by atoms with Gasteiger partial charge in [0.1, 0.15) is 5.82 Å². The molecule has 0 radical (unpaired) electrons. The van der Waals surface area contributed by atoms with Crippen LogP contribution >= 0.6 is 0 Å². The molecule has 3 heteroatoms. The zero-order chi connectivity index (χ0) is 12.4. The number of hydrogen-bond donors (Lipinski definition) is 2. The van der Waals surface area contributed by atoms with Crippen LogP contribution in [0, 0.1) is 19.7 Å². The predicted molar refractivity (Wildman–Crippen MR) is 70.0 cm³/mol. The molecule has 2 aromatic carbocycles. The van der Waals surface area contributed by atoms with E-state index in [9.17, 15) is 4.39 Å². The molecular weight excluding hydrogens is 215 g/mol.